The average Bonchev–Trinajstić information content (AvgIpc) is 2.92. The van der Waals surface area contributed by atoms with Gasteiger partial charge in [0.15, 0.2) is 0 Å². The Morgan fingerprint density at radius 2 is 0.816 bits per heavy atom. The number of nitrogens with one attached hydrogen (secondary N) is 1. The molecule has 0 radical (unpaired) electrons. The Balaban J connectivity index is 3.26. The Labute approximate surface area is 238 Å². The van der Waals surface area contributed by atoms with Crippen LogP contribution in [0.3, 0.4) is 0 Å². The van der Waals surface area contributed by atoms with Gasteiger partial charge in [-0.3, -0.25) is 9.59 Å². The number of amides is 1. The Morgan fingerprint density at radius 1 is 0.447 bits per heavy atom. The van der Waals surface area contributed by atoms with E-state index in [0.717, 1.165) is 25.8 Å². The molecule has 0 aromatic heterocycles. The van der Waals surface area contributed by atoms with Gasteiger partial charge in [-0.15, -0.1) is 0 Å². The van der Waals surface area contributed by atoms with Crippen molar-refractivity contribution < 1.29 is 14.3 Å². The van der Waals surface area contributed by atoms with E-state index in [1.807, 2.05) is 0 Å². The molecule has 0 fully saturated rings. The van der Waals surface area contributed by atoms with Crippen LogP contribution in [0.5, 0.6) is 0 Å². The molecule has 0 saturated carbocycles. The zero-order valence-corrected chi connectivity index (χ0v) is 25.9. The molecule has 0 spiro atoms. The fourth-order valence-electron chi connectivity index (χ4n) is 5.06. The molecule has 4 heteroatoms. The van der Waals surface area contributed by atoms with Crippen molar-refractivity contribution in [2.24, 2.45) is 0 Å². The highest BCUT2D eigenvalue weighted by Crippen LogP contribution is 2.14. The summed E-state index contributed by atoms with van der Waals surface area (Å²) >= 11 is 0. The molecule has 1 amide bonds. The summed E-state index contributed by atoms with van der Waals surface area (Å²) in [7, 11) is 0. The average molecular weight is 538 g/mol. The van der Waals surface area contributed by atoms with E-state index in [-0.39, 0.29) is 11.9 Å². The second-order valence-electron chi connectivity index (χ2n) is 11.6. The molecule has 0 aromatic rings. The molecule has 226 valence electrons. The van der Waals surface area contributed by atoms with Crippen LogP contribution in [0.25, 0.3) is 0 Å². The molecular weight excluding hydrogens is 470 g/mol. The molecule has 0 aliphatic rings. The Morgan fingerprint density at radius 3 is 1.24 bits per heavy atom. The van der Waals surface area contributed by atoms with Crippen LogP contribution in [-0.2, 0) is 14.3 Å². The van der Waals surface area contributed by atoms with Crippen molar-refractivity contribution >= 4 is 11.9 Å². The van der Waals surface area contributed by atoms with Crippen molar-refractivity contribution in [1.29, 1.82) is 0 Å². The maximum atomic E-state index is 11.9. The second kappa shape index (κ2) is 32.2. The molecule has 0 aliphatic carbocycles. The van der Waals surface area contributed by atoms with E-state index >= 15 is 0 Å². The maximum Gasteiger partial charge on any atom is 0.305 e. The molecule has 4 nitrogen and oxygen atoms in total. The fourth-order valence-corrected chi connectivity index (χ4v) is 5.06. The molecular formula is C34H67NO3. The van der Waals surface area contributed by atoms with Gasteiger partial charge in [0, 0.05) is 19.4 Å². The zero-order chi connectivity index (χ0) is 27.8. The topological polar surface area (TPSA) is 55.4 Å². The lowest BCUT2D eigenvalue weighted by atomic mass is 10.0. The van der Waals surface area contributed by atoms with Crippen molar-refractivity contribution in [3.63, 3.8) is 0 Å². The molecule has 0 heterocycles. The Kier molecular flexibility index (Phi) is 31.3. The van der Waals surface area contributed by atoms with E-state index in [4.69, 9.17) is 4.74 Å². The first-order chi connectivity index (χ1) is 18.7. The van der Waals surface area contributed by atoms with Crippen molar-refractivity contribution in [3.8, 4) is 0 Å². The van der Waals surface area contributed by atoms with Gasteiger partial charge in [0.05, 0.1) is 6.61 Å². The first kappa shape index (κ1) is 36.9. The molecule has 0 rings (SSSR count). The number of unbranched alkanes of at least 4 members (excludes halogenated alkanes) is 23. The summed E-state index contributed by atoms with van der Waals surface area (Å²) in [6.07, 6.45) is 34.6. The summed E-state index contributed by atoms with van der Waals surface area (Å²) in [5.41, 5.74) is 0. The summed E-state index contributed by atoms with van der Waals surface area (Å²) < 4.78 is 5.30. The smallest absolute Gasteiger partial charge is 0.305 e. The van der Waals surface area contributed by atoms with E-state index in [9.17, 15) is 9.59 Å². The highest BCUT2D eigenvalue weighted by Gasteiger charge is 2.05. The van der Waals surface area contributed by atoms with Gasteiger partial charge < -0.3 is 10.1 Å². The maximum absolute atomic E-state index is 11.9. The largest absolute Gasteiger partial charge is 0.466 e. The van der Waals surface area contributed by atoms with Gasteiger partial charge in [0.2, 0.25) is 5.91 Å². The number of hydrogen-bond donors (Lipinski definition) is 1. The minimum Gasteiger partial charge on any atom is -0.466 e. The summed E-state index contributed by atoms with van der Waals surface area (Å²) in [6, 6.07) is 0. The molecule has 0 bridgehead atoms. The van der Waals surface area contributed by atoms with Gasteiger partial charge in [0.25, 0.3) is 0 Å². The molecule has 0 unspecified atom stereocenters. The monoisotopic (exact) mass is 538 g/mol. The van der Waals surface area contributed by atoms with Crippen LogP contribution in [-0.4, -0.2) is 25.0 Å². The van der Waals surface area contributed by atoms with E-state index in [1.54, 1.807) is 0 Å². The molecule has 0 atom stereocenters. The predicted molar refractivity (Wildman–Crippen MR) is 165 cm³/mol. The normalized spacial score (nSPS) is 11.1. The van der Waals surface area contributed by atoms with Gasteiger partial charge in [-0.2, -0.15) is 0 Å². The fraction of sp³-hybridized carbons (Fsp3) is 0.941. The van der Waals surface area contributed by atoms with Crippen molar-refractivity contribution in [3.05, 3.63) is 0 Å². The highest BCUT2D eigenvalue weighted by atomic mass is 16.5. The Hall–Kier alpha value is -1.06. The van der Waals surface area contributed by atoms with Crippen LogP contribution in [0, 0.1) is 0 Å². The Bertz CT molecular complexity index is 494. The third-order valence-electron chi connectivity index (χ3n) is 7.65. The van der Waals surface area contributed by atoms with Crippen LogP contribution in [0.15, 0.2) is 0 Å². The number of rotatable bonds is 31. The number of carbonyl (C=O) groups excluding carboxylic acids is 2. The van der Waals surface area contributed by atoms with Gasteiger partial charge in [-0.05, 0) is 19.3 Å². The molecule has 0 aromatic carbocycles. The molecule has 0 aliphatic heterocycles. The SMILES string of the molecule is CCCCCCCCCCCCCCCCCC(=O)OCCCC(=O)NCCCCCCCCCCCC. The van der Waals surface area contributed by atoms with Gasteiger partial charge in [-0.25, -0.2) is 0 Å². The van der Waals surface area contributed by atoms with Crippen LogP contribution in [0.4, 0.5) is 0 Å². The van der Waals surface area contributed by atoms with Crippen LogP contribution in [0.1, 0.15) is 194 Å². The first-order valence-electron chi connectivity index (χ1n) is 17.1. The van der Waals surface area contributed by atoms with Gasteiger partial charge in [-0.1, -0.05) is 162 Å². The number of hydrogen-bond acceptors (Lipinski definition) is 3. The molecule has 0 saturated heterocycles. The van der Waals surface area contributed by atoms with Gasteiger partial charge >= 0.3 is 5.97 Å². The number of carbonyl (C=O) groups is 2. The molecule has 1 N–H and O–H groups in total. The quantitative estimate of drug-likeness (QED) is 0.0706. The van der Waals surface area contributed by atoms with E-state index < -0.39 is 0 Å². The van der Waals surface area contributed by atoms with Crippen LogP contribution >= 0.6 is 0 Å². The lowest BCUT2D eigenvalue weighted by Gasteiger charge is -2.07. The summed E-state index contributed by atoms with van der Waals surface area (Å²) in [6.45, 7) is 5.67. The van der Waals surface area contributed by atoms with Crippen LogP contribution < -0.4 is 5.32 Å². The third-order valence-corrected chi connectivity index (χ3v) is 7.65. The van der Waals surface area contributed by atoms with Crippen LogP contribution in [0.2, 0.25) is 0 Å². The van der Waals surface area contributed by atoms with Crippen molar-refractivity contribution in [2.45, 2.75) is 194 Å². The van der Waals surface area contributed by atoms with Gasteiger partial charge in [0.1, 0.15) is 0 Å². The predicted octanol–water partition coefficient (Wildman–Crippen LogP) is 10.6. The lowest BCUT2D eigenvalue weighted by molar-refractivity contribution is -0.144. The zero-order valence-electron chi connectivity index (χ0n) is 25.9. The first-order valence-corrected chi connectivity index (χ1v) is 17.1. The highest BCUT2D eigenvalue weighted by molar-refractivity contribution is 5.75. The third kappa shape index (κ3) is 31.2. The molecule has 38 heavy (non-hydrogen) atoms. The summed E-state index contributed by atoms with van der Waals surface area (Å²) in [4.78, 5) is 23.8. The summed E-state index contributed by atoms with van der Waals surface area (Å²) in [5, 5.41) is 3.00. The lowest BCUT2D eigenvalue weighted by Crippen LogP contribution is -2.24. The number of esters is 1. The van der Waals surface area contributed by atoms with E-state index in [1.165, 1.54) is 141 Å². The van der Waals surface area contributed by atoms with E-state index in [2.05, 4.69) is 19.2 Å². The minimum atomic E-state index is -0.106. The van der Waals surface area contributed by atoms with Crippen molar-refractivity contribution in [1.82, 2.24) is 5.32 Å². The minimum absolute atomic E-state index is 0.0828. The van der Waals surface area contributed by atoms with Crippen molar-refractivity contribution in [2.75, 3.05) is 13.2 Å². The standard InChI is InChI=1S/C34H67NO3/c1-3-5-7-9-11-13-15-16-17-18-19-20-22-24-26-30-34(37)38-32-28-29-33(36)35-31-27-25-23-21-14-12-10-8-6-4-2/h3-32H2,1-2H3,(H,35,36). The second-order valence-corrected chi connectivity index (χ2v) is 11.6. The summed E-state index contributed by atoms with van der Waals surface area (Å²) in [5.74, 6) is -0.0233. The number of ether oxygens (including phenoxy) is 1. The van der Waals surface area contributed by atoms with E-state index in [0.29, 0.717) is 25.9 Å².